The molecule has 0 aliphatic heterocycles. The van der Waals surface area contributed by atoms with E-state index in [1.165, 1.54) is 23.1 Å². The minimum absolute atomic E-state index is 0.709. The Bertz CT molecular complexity index is 452. The lowest BCUT2D eigenvalue weighted by molar-refractivity contribution is 0.101. The number of unbranched alkanes of at least 4 members (excludes halogenated alkanes) is 1. The fourth-order valence-electron chi connectivity index (χ4n) is 2.78. The maximum atomic E-state index is 5.66. The van der Waals surface area contributed by atoms with Crippen molar-refractivity contribution in [1.82, 2.24) is 5.32 Å². The molecule has 0 saturated carbocycles. The lowest BCUT2D eigenvalue weighted by Gasteiger charge is -2.06. The van der Waals surface area contributed by atoms with Gasteiger partial charge in [-0.25, -0.2) is 0 Å². The summed E-state index contributed by atoms with van der Waals surface area (Å²) >= 11 is 0. The number of hydrogen-bond donors (Lipinski definition) is 2. The highest BCUT2D eigenvalue weighted by molar-refractivity contribution is 5.05. The van der Waals surface area contributed by atoms with Crippen LogP contribution < -0.4 is 11.1 Å². The third-order valence-electron chi connectivity index (χ3n) is 4.68. The molecule has 0 aromatic carbocycles. The van der Waals surface area contributed by atoms with E-state index in [0.717, 1.165) is 84.5 Å². The first-order valence-electron chi connectivity index (χ1n) is 11.6. The number of ether oxygens (including phenoxy) is 2. The number of nitrogens with two attached hydrogens (primary N) is 1. The Kier molecular flexibility index (Phi) is 21.1. The SMILES string of the molecule is CC(C)=CCC/C(C)=C/CC/C(C)=C/CNCCCOCCCCOCCCN. The molecule has 0 fully saturated rings. The van der Waals surface area contributed by atoms with Gasteiger partial charge < -0.3 is 20.5 Å². The Morgan fingerprint density at radius 1 is 0.724 bits per heavy atom. The molecule has 0 aromatic heterocycles. The maximum Gasteiger partial charge on any atom is 0.0478 e. The quantitative estimate of drug-likeness (QED) is 0.205. The van der Waals surface area contributed by atoms with Gasteiger partial charge >= 0.3 is 0 Å². The average Bonchev–Trinajstić information content (AvgIpc) is 2.68. The lowest BCUT2D eigenvalue weighted by atomic mass is 10.1. The Morgan fingerprint density at radius 3 is 1.90 bits per heavy atom. The fraction of sp³-hybridized carbons (Fsp3) is 0.760. The van der Waals surface area contributed by atoms with E-state index in [2.05, 4.69) is 51.2 Å². The van der Waals surface area contributed by atoms with E-state index >= 15 is 0 Å². The van der Waals surface area contributed by atoms with Crippen molar-refractivity contribution in [2.24, 2.45) is 5.73 Å². The molecule has 0 amide bonds. The molecule has 4 heteroatoms. The van der Waals surface area contributed by atoms with Crippen molar-refractivity contribution >= 4 is 0 Å². The molecule has 0 rings (SSSR count). The molecule has 0 saturated heterocycles. The number of allylic oxidation sites excluding steroid dienone is 5. The van der Waals surface area contributed by atoms with Gasteiger partial charge in [0.1, 0.15) is 0 Å². The molecule has 0 unspecified atom stereocenters. The van der Waals surface area contributed by atoms with Gasteiger partial charge in [0.2, 0.25) is 0 Å². The van der Waals surface area contributed by atoms with Crippen LogP contribution in [0.5, 0.6) is 0 Å². The Balaban J connectivity index is 3.46. The van der Waals surface area contributed by atoms with Crippen LogP contribution in [0.4, 0.5) is 0 Å². The summed E-state index contributed by atoms with van der Waals surface area (Å²) in [6.07, 6.45) is 15.8. The van der Waals surface area contributed by atoms with Gasteiger partial charge in [-0.05, 0) is 92.2 Å². The molecule has 29 heavy (non-hydrogen) atoms. The van der Waals surface area contributed by atoms with Crippen molar-refractivity contribution in [1.29, 1.82) is 0 Å². The molecule has 3 N–H and O–H groups in total. The molecule has 0 aliphatic carbocycles. The largest absolute Gasteiger partial charge is 0.381 e. The summed E-state index contributed by atoms with van der Waals surface area (Å²) < 4.78 is 11.1. The summed E-state index contributed by atoms with van der Waals surface area (Å²) in [5.74, 6) is 0. The zero-order valence-electron chi connectivity index (χ0n) is 19.7. The van der Waals surface area contributed by atoms with E-state index in [1.54, 1.807) is 0 Å². The first kappa shape index (κ1) is 28.1. The van der Waals surface area contributed by atoms with Crippen molar-refractivity contribution in [3.8, 4) is 0 Å². The number of rotatable bonds is 20. The molecule has 0 aromatic rings. The first-order chi connectivity index (χ1) is 14.1. The van der Waals surface area contributed by atoms with Crippen LogP contribution in [0.2, 0.25) is 0 Å². The third-order valence-corrected chi connectivity index (χ3v) is 4.68. The molecule has 0 spiro atoms. The molecular formula is C25H48N2O2. The molecule has 0 atom stereocenters. The lowest BCUT2D eigenvalue weighted by Crippen LogP contribution is -2.17. The van der Waals surface area contributed by atoms with Crippen LogP contribution in [0.15, 0.2) is 34.9 Å². The topological polar surface area (TPSA) is 56.5 Å². The van der Waals surface area contributed by atoms with Crippen LogP contribution in [0.1, 0.15) is 79.1 Å². The second kappa shape index (κ2) is 21.8. The highest BCUT2D eigenvalue weighted by Crippen LogP contribution is 2.11. The fourth-order valence-corrected chi connectivity index (χ4v) is 2.78. The molecular weight excluding hydrogens is 360 g/mol. The van der Waals surface area contributed by atoms with Gasteiger partial charge in [-0.1, -0.05) is 34.9 Å². The second-order valence-electron chi connectivity index (χ2n) is 8.09. The van der Waals surface area contributed by atoms with Crippen LogP contribution in [-0.2, 0) is 9.47 Å². The minimum Gasteiger partial charge on any atom is -0.381 e. The molecule has 0 bridgehead atoms. The molecule has 4 nitrogen and oxygen atoms in total. The highest BCUT2D eigenvalue weighted by atomic mass is 16.5. The van der Waals surface area contributed by atoms with Crippen molar-refractivity contribution in [3.63, 3.8) is 0 Å². The number of hydrogen-bond acceptors (Lipinski definition) is 4. The van der Waals surface area contributed by atoms with Gasteiger partial charge in [0, 0.05) is 33.0 Å². The molecule has 0 radical (unpaired) electrons. The van der Waals surface area contributed by atoms with Crippen LogP contribution in [-0.4, -0.2) is 46.1 Å². The maximum absolute atomic E-state index is 5.66. The summed E-state index contributed by atoms with van der Waals surface area (Å²) in [7, 11) is 0. The predicted molar refractivity (Wildman–Crippen MR) is 127 cm³/mol. The van der Waals surface area contributed by atoms with Crippen LogP contribution in [0, 0.1) is 0 Å². The second-order valence-corrected chi connectivity index (χ2v) is 8.09. The van der Waals surface area contributed by atoms with E-state index in [-0.39, 0.29) is 0 Å². The third kappa shape index (κ3) is 23.2. The van der Waals surface area contributed by atoms with Crippen LogP contribution in [0.25, 0.3) is 0 Å². The van der Waals surface area contributed by atoms with Gasteiger partial charge in [0.05, 0.1) is 0 Å². The first-order valence-corrected chi connectivity index (χ1v) is 11.6. The van der Waals surface area contributed by atoms with Crippen molar-refractivity contribution in [2.75, 3.05) is 46.1 Å². The Morgan fingerprint density at radius 2 is 1.28 bits per heavy atom. The van der Waals surface area contributed by atoms with Crippen molar-refractivity contribution < 1.29 is 9.47 Å². The molecule has 0 aliphatic rings. The average molecular weight is 409 g/mol. The zero-order valence-corrected chi connectivity index (χ0v) is 19.7. The van der Waals surface area contributed by atoms with Gasteiger partial charge in [0.25, 0.3) is 0 Å². The smallest absolute Gasteiger partial charge is 0.0478 e. The van der Waals surface area contributed by atoms with Crippen LogP contribution in [0.3, 0.4) is 0 Å². The van der Waals surface area contributed by atoms with Gasteiger partial charge in [-0.2, -0.15) is 0 Å². The van der Waals surface area contributed by atoms with Gasteiger partial charge in [-0.3, -0.25) is 0 Å². The molecule has 0 heterocycles. The van der Waals surface area contributed by atoms with E-state index in [9.17, 15) is 0 Å². The van der Waals surface area contributed by atoms with E-state index in [0.29, 0.717) is 6.54 Å². The molecule has 170 valence electrons. The van der Waals surface area contributed by atoms with Gasteiger partial charge in [0.15, 0.2) is 0 Å². The summed E-state index contributed by atoms with van der Waals surface area (Å²) in [6.45, 7) is 14.8. The van der Waals surface area contributed by atoms with E-state index < -0.39 is 0 Å². The number of nitrogens with one attached hydrogen (secondary N) is 1. The summed E-state index contributed by atoms with van der Waals surface area (Å²) in [5, 5.41) is 3.48. The summed E-state index contributed by atoms with van der Waals surface area (Å²) in [6, 6.07) is 0. The predicted octanol–water partition coefficient (Wildman–Crippen LogP) is 5.55. The standard InChI is InChI=1S/C25H48N2O2/c1-23(2)11-7-12-24(3)13-8-14-25(4)15-18-27-17-10-22-29-20-6-5-19-28-21-9-16-26/h11,13,15,27H,5-10,12,14,16-22,26H2,1-4H3/b24-13+,25-15+. The Labute approximate surface area is 181 Å². The monoisotopic (exact) mass is 408 g/mol. The summed E-state index contributed by atoms with van der Waals surface area (Å²) in [5.41, 5.74) is 9.81. The highest BCUT2D eigenvalue weighted by Gasteiger charge is 1.94. The van der Waals surface area contributed by atoms with Crippen molar-refractivity contribution in [3.05, 3.63) is 34.9 Å². The normalized spacial score (nSPS) is 12.4. The zero-order chi connectivity index (χ0) is 21.6. The van der Waals surface area contributed by atoms with Gasteiger partial charge in [-0.15, -0.1) is 0 Å². The summed E-state index contributed by atoms with van der Waals surface area (Å²) in [4.78, 5) is 0. The van der Waals surface area contributed by atoms with E-state index in [4.69, 9.17) is 15.2 Å². The van der Waals surface area contributed by atoms with Crippen LogP contribution >= 0.6 is 0 Å². The minimum atomic E-state index is 0.709. The Hall–Kier alpha value is -0.940. The van der Waals surface area contributed by atoms with E-state index in [1.807, 2.05) is 0 Å². The van der Waals surface area contributed by atoms with Crippen molar-refractivity contribution in [2.45, 2.75) is 79.1 Å².